The second-order valence-corrected chi connectivity index (χ2v) is 6.69. The normalized spacial score (nSPS) is 25.9. The summed E-state index contributed by atoms with van der Waals surface area (Å²) in [4.78, 5) is 0. The maximum Gasteiger partial charge on any atom is -1.00 e. The van der Waals surface area contributed by atoms with Crippen LogP contribution in [0, 0.1) is 11.8 Å². The molecule has 2 aliphatic rings. The van der Waals surface area contributed by atoms with Crippen molar-refractivity contribution in [3.05, 3.63) is 43.2 Å². The van der Waals surface area contributed by atoms with Gasteiger partial charge in [-0.3, -0.25) is 0 Å². The van der Waals surface area contributed by atoms with Crippen LogP contribution < -0.4 is 24.8 Å². The molecule has 0 saturated carbocycles. The van der Waals surface area contributed by atoms with Crippen LogP contribution in [0.4, 0.5) is 0 Å². The molecule has 2 rings (SSSR count). The van der Waals surface area contributed by atoms with Crippen molar-refractivity contribution in [2.75, 3.05) is 0 Å². The number of halogens is 2. The molecule has 0 fully saturated rings. The van der Waals surface area contributed by atoms with Gasteiger partial charge in [-0.25, -0.2) is 0 Å². The van der Waals surface area contributed by atoms with Gasteiger partial charge >= 0.3 is 102 Å². The molecule has 0 spiro atoms. The first-order valence-corrected chi connectivity index (χ1v) is 7.20. The average Bonchev–Trinajstić information content (AvgIpc) is 2.67. The van der Waals surface area contributed by atoms with Crippen molar-refractivity contribution in [3.63, 3.8) is 0 Å². The molecular weight excluding hydrogens is 287 g/mol. The Kier molecular flexibility index (Phi) is 7.10. The van der Waals surface area contributed by atoms with E-state index < -0.39 is 0 Å². The van der Waals surface area contributed by atoms with E-state index in [1.54, 1.807) is 7.76 Å². The van der Waals surface area contributed by atoms with Gasteiger partial charge in [0.15, 0.2) is 0 Å². The van der Waals surface area contributed by atoms with E-state index in [0.29, 0.717) is 11.8 Å². The molecule has 0 aromatic rings. The van der Waals surface area contributed by atoms with Gasteiger partial charge in [-0.15, -0.1) is 0 Å². The number of hydrogen-bond donors (Lipinski definition) is 0. The Morgan fingerprint density at radius 2 is 1.18 bits per heavy atom. The molecule has 0 nitrogen and oxygen atoms in total. The summed E-state index contributed by atoms with van der Waals surface area (Å²) >= 11 is -0.0556. The van der Waals surface area contributed by atoms with Gasteiger partial charge in [0, 0.05) is 0 Å². The molecule has 17 heavy (non-hydrogen) atoms. The van der Waals surface area contributed by atoms with E-state index in [0.717, 1.165) is 0 Å². The molecule has 0 heterocycles. The van der Waals surface area contributed by atoms with Crippen molar-refractivity contribution in [2.24, 2.45) is 11.8 Å². The molecule has 92 valence electrons. The first-order chi connectivity index (χ1) is 7.09. The standard InChI is InChI=1S/2C7H9.2ClH.Ti/c2*1-6-3-4-7(2)5-6;;;/h2*3-4,6H,1-2H3;2*1H;/q;;;;+2/p-2. The first-order valence-electron chi connectivity index (χ1n) is 5.64. The summed E-state index contributed by atoms with van der Waals surface area (Å²) in [5.74, 6) is 1.39. The van der Waals surface area contributed by atoms with Crippen LogP contribution in [0.15, 0.2) is 43.2 Å². The van der Waals surface area contributed by atoms with E-state index in [9.17, 15) is 0 Å². The second-order valence-electron chi connectivity index (χ2n) is 4.61. The number of rotatable bonds is 2. The minimum absolute atomic E-state index is 0. The maximum atomic E-state index is 2.34. The number of hydrogen-bond acceptors (Lipinski definition) is 0. The molecule has 0 bridgehead atoms. The Bertz CT molecular complexity index is 364. The van der Waals surface area contributed by atoms with Crippen molar-refractivity contribution in [1.82, 2.24) is 0 Å². The predicted octanol–water partition coefficient (Wildman–Crippen LogP) is -1.96. The van der Waals surface area contributed by atoms with E-state index in [-0.39, 0.29) is 44.0 Å². The van der Waals surface area contributed by atoms with Crippen LogP contribution in [0.25, 0.3) is 0 Å². The Labute approximate surface area is 126 Å². The summed E-state index contributed by atoms with van der Waals surface area (Å²) < 4.78 is 3.47. The predicted molar refractivity (Wildman–Crippen MR) is 62.0 cm³/mol. The van der Waals surface area contributed by atoms with Gasteiger partial charge < -0.3 is 24.8 Å². The van der Waals surface area contributed by atoms with Gasteiger partial charge in [-0.1, -0.05) is 0 Å². The smallest absolute Gasteiger partial charge is 1.00 e. The third-order valence-corrected chi connectivity index (χ3v) is 6.79. The van der Waals surface area contributed by atoms with Crippen LogP contribution in [0.5, 0.6) is 0 Å². The average molecular weight is 305 g/mol. The van der Waals surface area contributed by atoms with Gasteiger partial charge in [-0.2, -0.15) is 0 Å². The van der Waals surface area contributed by atoms with Crippen molar-refractivity contribution < 1.29 is 44.0 Å². The molecule has 0 saturated heterocycles. The summed E-state index contributed by atoms with van der Waals surface area (Å²) in [6, 6.07) is 0. The molecule has 0 aliphatic heterocycles. The SMILES string of the molecule is CC1=[C]([Ti+2][C]2=C(C)C=CC2C)C(C)C=C1.[Cl-].[Cl-]. The Hall–Kier alpha value is 0.254. The summed E-state index contributed by atoms with van der Waals surface area (Å²) in [5, 5.41) is 0. The molecule has 0 N–H and O–H groups in total. The molecule has 2 unspecified atom stereocenters. The van der Waals surface area contributed by atoms with Crippen LogP contribution in [-0.2, 0) is 19.2 Å². The fourth-order valence-corrected chi connectivity index (χ4v) is 4.58. The summed E-state index contributed by atoms with van der Waals surface area (Å²) in [7, 11) is 0. The molecule has 0 amide bonds. The third-order valence-electron chi connectivity index (χ3n) is 3.30. The van der Waals surface area contributed by atoms with Crippen LogP contribution in [0.1, 0.15) is 27.7 Å². The van der Waals surface area contributed by atoms with Crippen molar-refractivity contribution >= 4 is 0 Å². The fourth-order valence-electron chi connectivity index (χ4n) is 2.24. The van der Waals surface area contributed by atoms with Gasteiger partial charge in [-0.05, 0) is 0 Å². The summed E-state index contributed by atoms with van der Waals surface area (Å²) in [6.07, 6.45) is 9.28. The molecule has 2 atom stereocenters. The molecular formula is C14H18Cl2Ti. The van der Waals surface area contributed by atoms with Gasteiger partial charge in [0.25, 0.3) is 0 Å². The zero-order valence-corrected chi connectivity index (χ0v) is 13.8. The summed E-state index contributed by atoms with van der Waals surface area (Å²) in [5.41, 5.74) is 3.06. The fraction of sp³-hybridized carbons (Fsp3) is 0.429. The van der Waals surface area contributed by atoms with E-state index in [1.165, 1.54) is 11.1 Å². The molecule has 0 aromatic heterocycles. The van der Waals surface area contributed by atoms with Crippen LogP contribution in [-0.4, -0.2) is 0 Å². The monoisotopic (exact) mass is 304 g/mol. The van der Waals surface area contributed by atoms with Crippen LogP contribution in [0.3, 0.4) is 0 Å². The second kappa shape index (κ2) is 6.99. The van der Waals surface area contributed by atoms with E-state index in [1.807, 2.05) is 0 Å². The van der Waals surface area contributed by atoms with Gasteiger partial charge in [0.2, 0.25) is 0 Å². The minimum atomic E-state index is -0.0556. The topological polar surface area (TPSA) is 0 Å². The zero-order valence-electron chi connectivity index (χ0n) is 10.7. The third kappa shape index (κ3) is 3.61. The van der Waals surface area contributed by atoms with Crippen LogP contribution >= 0.6 is 0 Å². The molecule has 0 radical (unpaired) electrons. The minimum Gasteiger partial charge on any atom is -1.00 e. The first kappa shape index (κ1) is 17.3. The van der Waals surface area contributed by atoms with Gasteiger partial charge in [0.1, 0.15) is 0 Å². The Morgan fingerprint density at radius 3 is 1.41 bits per heavy atom. The Balaban J connectivity index is 0.00000128. The van der Waals surface area contributed by atoms with E-state index in [4.69, 9.17) is 0 Å². The van der Waals surface area contributed by atoms with Gasteiger partial charge in [0.05, 0.1) is 0 Å². The quantitative estimate of drug-likeness (QED) is 0.520. The van der Waals surface area contributed by atoms with Crippen LogP contribution in [0.2, 0.25) is 0 Å². The molecule has 2 aliphatic carbocycles. The molecule has 3 heteroatoms. The van der Waals surface area contributed by atoms with E-state index in [2.05, 4.69) is 52.0 Å². The zero-order chi connectivity index (χ0) is 11.0. The summed E-state index contributed by atoms with van der Waals surface area (Å²) in [6.45, 7) is 9.19. The van der Waals surface area contributed by atoms with Crippen molar-refractivity contribution in [2.45, 2.75) is 27.7 Å². The number of allylic oxidation sites excluding steroid dienone is 8. The maximum absolute atomic E-state index is 2.34. The van der Waals surface area contributed by atoms with Crippen molar-refractivity contribution in [1.29, 1.82) is 0 Å². The van der Waals surface area contributed by atoms with E-state index >= 15 is 0 Å². The van der Waals surface area contributed by atoms with Crippen molar-refractivity contribution in [3.8, 4) is 0 Å². The Morgan fingerprint density at radius 1 is 0.824 bits per heavy atom. The molecule has 0 aromatic carbocycles. The largest absolute Gasteiger partial charge is 1.00 e.